The van der Waals surface area contributed by atoms with E-state index in [4.69, 9.17) is 23.6 Å². The second-order valence-electron chi connectivity index (χ2n) is 7.00. The van der Waals surface area contributed by atoms with E-state index in [0.717, 1.165) is 32.3 Å². The number of hydrogen-bond acceptors (Lipinski definition) is 7. The van der Waals surface area contributed by atoms with Crippen molar-refractivity contribution in [3.63, 3.8) is 0 Å². The Kier molecular flexibility index (Phi) is 5.25. The Labute approximate surface area is 188 Å². The number of thiazole rings is 1. The van der Waals surface area contributed by atoms with E-state index >= 15 is 0 Å². The molecular weight excluding hydrogens is 424 g/mol. The lowest BCUT2D eigenvalue weighted by Gasteiger charge is -2.10. The fourth-order valence-electron chi connectivity index (χ4n) is 3.51. The first-order chi connectivity index (χ1) is 15.7. The molecule has 0 spiro atoms. The average molecular weight is 445 g/mol. The minimum absolute atomic E-state index is 0.625. The van der Waals surface area contributed by atoms with Crippen molar-refractivity contribution >= 4 is 37.7 Å². The molecule has 3 aromatic carbocycles. The number of fused-ring (bicyclic) bond motifs is 2. The van der Waals surface area contributed by atoms with Crippen LogP contribution in [0.4, 0.5) is 5.13 Å². The molecule has 0 atom stereocenters. The number of rotatable bonds is 5. The van der Waals surface area contributed by atoms with Gasteiger partial charge in [0.25, 0.3) is 0 Å². The summed E-state index contributed by atoms with van der Waals surface area (Å²) in [6.45, 7) is 0. The number of methoxy groups -OCH3 is 3. The topological polar surface area (TPSA) is 66.1 Å². The van der Waals surface area contributed by atoms with Crippen LogP contribution < -0.4 is 19.6 Å². The van der Waals surface area contributed by atoms with Crippen molar-refractivity contribution in [1.82, 2.24) is 4.98 Å². The van der Waals surface area contributed by atoms with Crippen LogP contribution in [-0.2, 0) is 0 Å². The van der Waals surface area contributed by atoms with E-state index in [1.807, 2.05) is 66.7 Å². The van der Waals surface area contributed by atoms with Crippen LogP contribution in [0, 0.1) is 0 Å². The zero-order valence-electron chi connectivity index (χ0n) is 17.8. The van der Waals surface area contributed by atoms with Gasteiger partial charge >= 0.3 is 0 Å². The van der Waals surface area contributed by atoms with Crippen LogP contribution >= 0.6 is 11.3 Å². The van der Waals surface area contributed by atoms with Gasteiger partial charge in [-0.2, -0.15) is 0 Å². The summed E-state index contributed by atoms with van der Waals surface area (Å²) in [7, 11) is 4.86. The third-order valence-electron chi connectivity index (χ3n) is 5.12. The Morgan fingerprint density at radius 1 is 0.844 bits per heavy atom. The summed E-state index contributed by atoms with van der Waals surface area (Å²) in [4.78, 5) is 9.54. The van der Waals surface area contributed by atoms with Crippen LogP contribution in [-0.4, -0.2) is 26.3 Å². The normalized spacial score (nSPS) is 11.8. The lowest BCUT2D eigenvalue weighted by Crippen LogP contribution is -2.03. The van der Waals surface area contributed by atoms with Crippen LogP contribution in [0.15, 0.2) is 76.1 Å². The van der Waals surface area contributed by atoms with Gasteiger partial charge in [-0.25, -0.2) is 9.98 Å². The molecule has 32 heavy (non-hydrogen) atoms. The van der Waals surface area contributed by atoms with Crippen molar-refractivity contribution in [3.05, 3.63) is 72.1 Å². The number of para-hydroxylation sites is 1. The van der Waals surface area contributed by atoms with Gasteiger partial charge in [0.2, 0.25) is 5.13 Å². The van der Waals surface area contributed by atoms with E-state index in [1.54, 1.807) is 32.7 Å². The lowest BCUT2D eigenvalue weighted by atomic mass is 10.1. The molecule has 0 amide bonds. The second kappa shape index (κ2) is 8.36. The summed E-state index contributed by atoms with van der Waals surface area (Å²) < 4.78 is 23.6. The van der Waals surface area contributed by atoms with Gasteiger partial charge in [0.05, 0.1) is 36.9 Å². The Hall–Kier alpha value is -3.84. The first-order valence-electron chi connectivity index (χ1n) is 9.93. The van der Waals surface area contributed by atoms with Gasteiger partial charge in [0, 0.05) is 17.0 Å². The van der Waals surface area contributed by atoms with Gasteiger partial charge in [0.1, 0.15) is 17.1 Å². The number of nitrogens with zero attached hydrogens (tertiary/aromatic N) is 2. The van der Waals surface area contributed by atoms with Crippen molar-refractivity contribution in [2.75, 3.05) is 21.3 Å². The largest absolute Gasteiger partial charge is 0.497 e. The highest BCUT2D eigenvalue weighted by molar-refractivity contribution is 7.21. The van der Waals surface area contributed by atoms with Gasteiger partial charge in [-0.1, -0.05) is 23.5 Å². The molecule has 6 nitrogen and oxygen atoms in total. The average Bonchev–Trinajstić information content (AvgIpc) is 3.25. The number of ether oxygens (including phenoxy) is 3. The maximum atomic E-state index is 6.23. The molecule has 0 fully saturated rings. The van der Waals surface area contributed by atoms with Crippen LogP contribution in [0.2, 0.25) is 0 Å². The second-order valence-corrected chi connectivity index (χ2v) is 8.01. The quantitative estimate of drug-likeness (QED) is 0.334. The third-order valence-corrected chi connectivity index (χ3v) is 6.05. The van der Waals surface area contributed by atoms with Crippen LogP contribution in [0.1, 0.15) is 0 Å². The molecule has 2 heterocycles. The number of aromatic nitrogens is 1. The van der Waals surface area contributed by atoms with Gasteiger partial charge in [0.15, 0.2) is 11.5 Å². The first kappa shape index (κ1) is 20.1. The molecule has 7 heteroatoms. The van der Waals surface area contributed by atoms with Gasteiger partial charge in [-0.3, -0.25) is 0 Å². The van der Waals surface area contributed by atoms with E-state index in [2.05, 4.69) is 4.98 Å². The standard InChI is InChI=1S/C25H20N2O4S/c1-28-16-9-11-20-17(13-16)19(27-25-26-18-6-4-5-7-24(18)32-25)14-22(31-20)15-8-10-21(29-2)23(12-15)30-3/h4-14H,1-3H3/b27-19+. The highest BCUT2D eigenvalue weighted by Crippen LogP contribution is 2.33. The minimum atomic E-state index is 0.625. The van der Waals surface area contributed by atoms with E-state index in [0.29, 0.717) is 28.0 Å². The molecule has 0 aliphatic heterocycles. The summed E-state index contributed by atoms with van der Waals surface area (Å²) in [5.41, 5.74) is 2.47. The number of hydrogen-bond donors (Lipinski definition) is 0. The molecule has 0 N–H and O–H groups in total. The molecule has 5 aromatic rings. The number of benzene rings is 3. The van der Waals surface area contributed by atoms with Crippen molar-refractivity contribution in [1.29, 1.82) is 0 Å². The maximum Gasteiger partial charge on any atom is 0.210 e. The lowest BCUT2D eigenvalue weighted by molar-refractivity contribution is 0.355. The molecule has 0 saturated carbocycles. The smallest absolute Gasteiger partial charge is 0.210 e. The van der Waals surface area contributed by atoms with E-state index in [1.165, 1.54) is 0 Å². The van der Waals surface area contributed by atoms with Crippen LogP contribution in [0.3, 0.4) is 0 Å². The predicted octanol–water partition coefficient (Wildman–Crippen LogP) is 5.97. The fourth-order valence-corrected chi connectivity index (χ4v) is 4.36. The molecule has 5 rings (SSSR count). The Bertz CT molecular complexity index is 1470. The van der Waals surface area contributed by atoms with E-state index in [9.17, 15) is 0 Å². The monoisotopic (exact) mass is 444 g/mol. The molecule has 0 aliphatic rings. The molecule has 0 bridgehead atoms. The molecule has 160 valence electrons. The van der Waals surface area contributed by atoms with E-state index < -0.39 is 0 Å². The van der Waals surface area contributed by atoms with Crippen molar-refractivity contribution < 1.29 is 18.6 Å². The summed E-state index contributed by atoms with van der Waals surface area (Å²) in [5.74, 6) is 2.66. The summed E-state index contributed by atoms with van der Waals surface area (Å²) in [6.07, 6.45) is 0. The highest BCUT2D eigenvalue weighted by atomic mass is 32.1. The fraction of sp³-hybridized carbons (Fsp3) is 0.120. The zero-order valence-corrected chi connectivity index (χ0v) is 18.6. The Balaban J connectivity index is 1.74. The van der Waals surface area contributed by atoms with Crippen molar-refractivity contribution in [3.8, 4) is 28.6 Å². The predicted molar refractivity (Wildman–Crippen MR) is 126 cm³/mol. The Morgan fingerprint density at radius 2 is 1.69 bits per heavy atom. The molecule has 0 saturated heterocycles. The van der Waals surface area contributed by atoms with Crippen molar-refractivity contribution in [2.24, 2.45) is 4.99 Å². The Morgan fingerprint density at radius 3 is 2.47 bits per heavy atom. The third kappa shape index (κ3) is 3.67. The molecular formula is C25H20N2O4S. The molecule has 0 unspecified atom stereocenters. The SMILES string of the molecule is COc1ccc2oc(-c3ccc(OC)c(OC)c3)c/c(=N\c3nc4ccccc4s3)c2c1. The van der Waals surface area contributed by atoms with E-state index in [-0.39, 0.29) is 0 Å². The van der Waals surface area contributed by atoms with Gasteiger partial charge < -0.3 is 18.6 Å². The maximum absolute atomic E-state index is 6.23. The molecule has 2 aromatic heterocycles. The van der Waals surface area contributed by atoms with Crippen LogP contribution in [0.25, 0.3) is 32.5 Å². The summed E-state index contributed by atoms with van der Waals surface area (Å²) in [5, 5.41) is 2.27. The highest BCUT2D eigenvalue weighted by Gasteiger charge is 2.12. The van der Waals surface area contributed by atoms with Gasteiger partial charge in [-0.15, -0.1) is 0 Å². The summed E-state index contributed by atoms with van der Waals surface area (Å²) in [6, 6.07) is 21.3. The zero-order chi connectivity index (χ0) is 22.1. The first-order valence-corrected chi connectivity index (χ1v) is 10.7. The van der Waals surface area contributed by atoms with Crippen molar-refractivity contribution in [2.45, 2.75) is 0 Å². The summed E-state index contributed by atoms with van der Waals surface area (Å²) >= 11 is 1.55. The molecule has 0 radical (unpaired) electrons. The molecule has 0 aliphatic carbocycles. The van der Waals surface area contributed by atoms with Gasteiger partial charge in [-0.05, 0) is 48.5 Å². The van der Waals surface area contributed by atoms with Crippen LogP contribution in [0.5, 0.6) is 17.2 Å². The minimum Gasteiger partial charge on any atom is -0.497 e.